The molecule has 0 aromatic carbocycles. The third-order valence-electron chi connectivity index (χ3n) is 3.51. The number of nitrogens with one attached hydrogen (secondary N) is 1. The first kappa shape index (κ1) is 15.2. The molecule has 3 N–H and O–H groups in total. The monoisotopic (exact) mass is 299 g/mol. The van der Waals surface area contributed by atoms with Crippen LogP contribution in [-0.2, 0) is 10.0 Å². The summed E-state index contributed by atoms with van der Waals surface area (Å²) in [6.45, 7) is 6.63. The van der Waals surface area contributed by atoms with E-state index in [1.807, 2.05) is 0 Å². The molecule has 0 atom stereocenters. The van der Waals surface area contributed by atoms with Crippen molar-refractivity contribution >= 4 is 15.7 Å². The Bertz CT molecular complexity index is 553. The summed E-state index contributed by atoms with van der Waals surface area (Å²) in [7, 11) is -3.60. The Kier molecular flexibility index (Phi) is 4.59. The molecule has 0 saturated carbocycles. The third-order valence-corrected chi connectivity index (χ3v) is 5.37. The standard InChI is InChI=1S/C12H21N5O2S/c1-10(2)16-6-8-17(9-7-16)20(18,19)12-11(15-13)4-3-5-14-12/h3-5,10,15H,6-9,13H2,1-2H3. The van der Waals surface area contributed by atoms with Crippen LogP contribution in [0, 0.1) is 0 Å². The molecule has 0 bridgehead atoms. The fourth-order valence-electron chi connectivity index (χ4n) is 2.29. The summed E-state index contributed by atoms with van der Waals surface area (Å²) in [5.74, 6) is 5.36. The Labute approximate surface area is 119 Å². The Morgan fingerprint density at radius 2 is 1.95 bits per heavy atom. The number of sulfonamides is 1. The summed E-state index contributed by atoms with van der Waals surface area (Å²) >= 11 is 0. The van der Waals surface area contributed by atoms with Gasteiger partial charge in [-0.3, -0.25) is 10.7 Å². The third kappa shape index (κ3) is 2.93. The summed E-state index contributed by atoms with van der Waals surface area (Å²) in [4.78, 5) is 6.22. The van der Waals surface area contributed by atoms with Crippen LogP contribution in [0.4, 0.5) is 5.69 Å². The lowest BCUT2D eigenvalue weighted by molar-refractivity contribution is 0.154. The van der Waals surface area contributed by atoms with E-state index in [1.165, 1.54) is 10.5 Å². The van der Waals surface area contributed by atoms with Crippen molar-refractivity contribution in [2.45, 2.75) is 24.9 Å². The predicted octanol–water partition coefficient (Wildman–Crippen LogP) is 0.0819. The average Bonchev–Trinajstić information content (AvgIpc) is 2.47. The summed E-state index contributed by atoms with van der Waals surface area (Å²) in [5.41, 5.74) is 2.71. The molecule has 0 spiro atoms. The summed E-state index contributed by atoms with van der Waals surface area (Å²) in [6, 6.07) is 3.67. The molecule has 2 rings (SSSR count). The number of hydrogen-bond donors (Lipinski definition) is 2. The molecule has 112 valence electrons. The predicted molar refractivity (Wildman–Crippen MR) is 77.5 cm³/mol. The van der Waals surface area contributed by atoms with Gasteiger partial charge in [0.25, 0.3) is 10.0 Å². The van der Waals surface area contributed by atoms with Gasteiger partial charge in [-0.05, 0) is 26.0 Å². The van der Waals surface area contributed by atoms with Gasteiger partial charge >= 0.3 is 0 Å². The lowest BCUT2D eigenvalue weighted by Gasteiger charge is -2.36. The molecular weight excluding hydrogens is 278 g/mol. The van der Waals surface area contributed by atoms with E-state index in [1.54, 1.807) is 12.1 Å². The number of anilines is 1. The molecule has 1 aliphatic rings. The largest absolute Gasteiger partial charge is 0.321 e. The van der Waals surface area contributed by atoms with Crippen molar-refractivity contribution < 1.29 is 8.42 Å². The normalized spacial score (nSPS) is 18.4. The van der Waals surface area contributed by atoms with Gasteiger partial charge in [0.15, 0.2) is 5.03 Å². The SMILES string of the molecule is CC(C)N1CCN(S(=O)(=O)c2ncccc2NN)CC1. The van der Waals surface area contributed by atoms with Crippen LogP contribution in [-0.4, -0.2) is 54.8 Å². The number of hydrazine groups is 1. The van der Waals surface area contributed by atoms with Gasteiger partial charge < -0.3 is 5.43 Å². The molecule has 0 unspecified atom stereocenters. The summed E-state index contributed by atoms with van der Waals surface area (Å²) in [5, 5.41) is -0.0134. The highest BCUT2D eigenvalue weighted by molar-refractivity contribution is 7.89. The molecule has 0 radical (unpaired) electrons. The fourth-order valence-corrected chi connectivity index (χ4v) is 3.78. The second-order valence-corrected chi connectivity index (χ2v) is 6.89. The van der Waals surface area contributed by atoms with Gasteiger partial charge in [0.05, 0.1) is 5.69 Å². The lowest BCUT2D eigenvalue weighted by Crippen LogP contribution is -2.50. The van der Waals surface area contributed by atoms with Crippen molar-refractivity contribution in [3.8, 4) is 0 Å². The van der Waals surface area contributed by atoms with Crippen molar-refractivity contribution in [3.05, 3.63) is 18.3 Å². The molecule has 1 aromatic rings. The molecule has 1 aliphatic heterocycles. The Balaban J connectivity index is 2.20. The van der Waals surface area contributed by atoms with Crippen molar-refractivity contribution in [2.75, 3.05) is 31.6 Å². The fraction of sp³-hybridized carbons (Fsp3) is 0.583. The van der Waals surface area contributed by atoms with Crippen molar-refractivity contribution in [3.63, 3.8) is 0 Å². The van der Waals surface area contributed by atoms with E-state index in [9.17, 15) is 8.42 Å². The lowest BCUT2D eigenvalue weighted by atomic mass is 10.3. The zero-order chi connectivity index (χ0) is 14.8. The molecule has 1 aromatic heterocycles. The van der Waals surface area contributed by atoms with E-state index < -0.39 is 10.0 Å². The Hall–Kier alpha value is -1.22. The number of hydrogen-bond acceptors (Lipinski definition) is 6. The van der Waals surface area contributed by atoms with Crippen molar-refractivity contribution in [1.82, 2.24) is 14.2 Å². The van der Waals surface area contributed by atoms with E-state index in [4.69, 9.17) is 5.84 Å². The second kappa shape index (κ2) is 6.04. The maximum atomic E-state index is 12.6. The number of nitrogens with two attached hydrogens (primary N) is 1. The van der Waals surface area contributed by atoms with E-state index >= 15 is 0 Å². The molecule has 1 saturated heterocycles. The first-order valence-electron chi connectivity index (χ1n) is 6.62. The number of nitrogen functional groups attached to an aromatic ring is 1. The van der Waals surface area contributed by atoms with Gasteiger partial charge in [0.1, 0.15) is 0 Å². The van der Waals surface area contributed by atoms with Crippen LogP contribution in [0.15, 0.2) is 23.4 Å². The van der Waals surface area contributed by atoms with Crippen LogP contribution in [0.25, 0.3) is 0 Å². The number of pyridine rings is 1. The summed E-state index contributed by atoms with van der Waals surface area (Å²) in [6.07, 6.45) is 1.46. The Morgan fingerprint density at radius 1 is 1.30 bits per heavy atom. The molecule has 0 aliphatic carbocycles. The van der Waals surface area contributed by atoms with Gasteiger partial charge in [-0.15, -0.1) is 0 Å². The van der Waals surface area contributed by atoms with Crippen LogP contribution < -0.4 is 11.3 Å². The van der Waals surface area contributed by atoms with Crippen LogP contribution >= 0.6 is 0 Å². The van der Waals surface area contributed by atoms with Gasteiger partial charge in [-0.1, -0.05) is 0 Å². The summed E-state index contributed by atoms with van der Waals surface area (Å²) < 4.78 is 26.7. The smallest absolute Gasteiger partial charge is 0.262 e. The molecule has 8 heteroatoms. The van der Waals surface area contributed by atoms with Crippen molar-refractivity contribution in [1.29, 1.82) is 0 Å². The topological polar surface area (TPSA) is 91.6 Å². The van der Waals surface area contributed by atoms with E-state index in [0.717, 1.165) is 13.1 Å². The maximum Gasteiger partial charge on any atom is 0.262 e. The first-order chi connectivity index (χ1) is 9.46. The minimum Gasteiger partial charge on any atom is -0.321 e. The highest BCUT2D eigenvalue weighted by Gasteiger charge is 2.31. The minimum atomic E-state index is -3.60. The van der Waals surface area contributed by atoms with E-state index in [2.05, 4.69) is 29.2 Å². The highest BCUT2D eigenvalue weighted by atomic mass is 32.2. The highest BCUT2D eigenvalue weighted by Crippen LogP contribution is 2.22. The zero-order valence-electron chi connectivity index (χ0n) is 11.8. The van der Waals surface area contributed by atoms with Gasteiger partial charge in [-0.2, -0.15) is 4.31 Å². The number of rotatable bonds is 4. The van der Waals surface area contributed by atoms with E-state index in [-0.39, 0.29) is 5.03 Å². The second-order valence-electron chi connectivity index (χ2n) is 5.03. The number of aromatic nitrogens is 1. The van der Waals surface area contributed by atoms with Crippen molar-refractivity contribution in [2.24, 2.45) is 5.84 Å². The van der Waals surface area contributed by atoms with Crippen LogP contribution in [0.3, 0.4) is 0 Å². The Morgan fingerprint density at radius 3 is 2.50 bits per heavy atom. The van der Waals surface area contributed by atoms with Gasteiger partial charge in [-0.25, -0.2) is 13.4 Å². The van der Waals surface area contributed by atoms with Gasteiger partial charge in [0.2, 0.25) is 0 Å². The number of piperazine rings is 1. The van der Waals surface area contributed by atoms with Crippen LogP contribution in [0.2, 0.25) is 0 Å². The molecule has 0 amide bonds. The minimum absolute atomic E-state index is 0.0134. The number of nitrogens with zero attached hydrogens (tertiary/aromatic N) is 3. The average molecular weight is 299 g/mol. The molecule has 20 heavy (non-hydrogen) atoms. The van der Waals surface area contributed by atoms with Crippen LogP contribution in [0.1, 0.15) is 13.8 Å². The molecule has 1 fully saturated rings. The molecular formula is C12H21N5O2S. The quantitative estimate of drug-likeness (QED) is 0.604. The molecule has 2 heterocycles. The first-order valence-corrected chi connectivity index (χ1v) is 8.06. The van der Waals surface area contributed by atoms with E-state index in [0.29, 0.717) is 24.8 Å². The zero-order valence-corrected chi connectivity index (χ0v) is 12.6. The maximum absolute atomic E-state index is 12.6. The van der Waals surface area contributed by atoms with Crippen LogP contribution in [0.5, 0.6) is 0 Å². The molecule has 7 nitrogen and oxygen atoms in total. The van der Waals surface area contributed by atoms with Gasteiger partial charge in [0, 0.05) is 38.4 Å².